The number of benzene rings is 1. The zero-order valence-corrected chi connectivity index (χ0v) is 14.3. The highest BCUT2D eigenvalue weighted by atomic mass is 35.5. The Morgan fingerprint density at radius 3 is 2.52 bits per heavy atom. The van der Waals surface area contributed by atoms with Crippen LogP contribution in [-0.4, -0.2) is 30.4 Å². The lowest BCUT2D eigenvalue weighted by Gasteiger charge is -2.35. The van der Waals surface area contributed by atoms with E-state index in [1.165, 1.54) is 16.4 Å². The van der Waals surface area contributed by atoms with Gasteiger partial charge < -0.3 is 5.11 Å². The van der Waals surface area contributed by atoms with Gasteiger partial charge in [0.1, 0.15) is 4.90 Å². The van der Waals surface area contributed by atoms with Crippen LogP contribution in [0.25, 0.3) is 0 Å². The maximum absolute atomic E-state index is 12.8. The highest BCUT2D eigenvalue weighted by molar-refractivity contribution is 7.89. The third kappa shape index (κ3) is 3.37. The zero-order valence-electron chi connectivity index (χ0n) is 12.0. The molecule has 2 atom stereocenters. The van der Waals surface area contributed by atoms with Crippen LogP contribution in [0.2, 0.25) is 10.0 Å². The molecule has 1 N–H and O–H groups in total. The quantitative estimate of drug-likeness (QED) is 0.908. The lowest BCUT2D eigenvalue weighted by atomic mass is 9.95. The summed E-state index contributed by atoms with van der Waals surface area (Å²) >= 11 is 12.0. The van der Waals surface area contributed by atoms with E-state index in [4.69, 9.17) is 23.2 Å². The summed E-state index contributed by atoms with van der Waals surface area (Å²) in [5.74, 6) is 0.514. The predicted molar refractivity (Wildman–Crippen MR) is 84.1 cm³/mol. The molecule has 2 unspecified atom stereocenters. The van der Waals surface area contributed by atoms with Gasteiger partial charge >= 0.3 is 0 Å². The van der Waals surface area contributed by atoms with Crippen molar-refractivity contribution in [2.75, 3.05) is 6.54 Å². The molecule has 0 radical (unpaired) electrons. The Hall–Kier alpha value is -0.330. The molecule has 1 aromatic rings. The summed E-state index contributed by atoms with van der Waals surface area (Å²) in [6, 6.07) is 2.67. The molecule has 2 rings (SSSR count). The van der Waals surface area contributed by atoms with E-state index in [0.717, 1.165) is 12.8 Å². The lowest BCUT2D eigenvalue weighted by molar-refractivity contribution is 0.220. The highest BCUT2D eigenvalue weighted by Crippen LogP contribution is 2.34. The Kier molecular flexibility index (Phi) is 5.21. The normalized spacial score (nSPS) is 24.2. The molecule has 0 aromatic heterocycles. The van der Waals surface area contributed by atoms with Crippen LogP contribution in [0.1, 0.15) is 32.3 Å². The molecule has 0 amide bonds. The second-order valence-electron chi connectivity index (χ2n) is 5.63. The minimum Gasteiger partial charge on any atom is -0.392 e. The van der Waals surface area contributed by atoms with E-state index in [1.54, 1.807) is 0 Å². The number of hydrogen-bond donors (Lipinski definition) is 1. The molecule has 7 heteroatoms. The van der Waals surface area contributed by atoms with Gasteiger partial charge in [-0.1, -0.05) is 30.1 Å². The Bertz CT molecular complexity index is 633. The Balaban J connectivity index is 2.44. The van der Waals surface area contributed by atoms with Crippen molar-refractivity contribution < 1.29 is 13.5 Å². The molecule has 1 aliphatic rings. The topological polar surface area (TPSA) is 57.6 Å². The van der Waals surface area contributed by atoms with Crippen molar-refractivity contribution >= 4 is 33.2 Å². The molecule has 118 valence electrons. The molecule has 0 bridgehead atoms. The molecular weight excluding hydrogens is 333 g/mol. The summed E-state index contributed by atoms with van der Waals surface area (Å²) in [4.78, 5) is 0.0130. The number of piperidine rings is 1. The van der Waals surface area contributed by atoms with Crippen molar-refractivity contribution in [1.29, 1.82) is 0 Å². The summed E-state index contributed by atoms with van der Waals surface area (Å²) < 4.78 is 27.1. The third-order valence-electron chi connectivity index (χ3n) is 3.94. The fraction of sp³-hybridized carbons (Fsp3) is 0.571. The van der Waals surface area contributed by atoms with Gasteiger partial charge in [0.25, 0.3) is 0 Å². The average molecular weight is 352 g/mol. The molecule has 1 heterocycles. The molecule has 4 nitrogen and oxygen atoms in total. The van der Waals surface area contributed by atoms with E-state index < -0.39 is 10.0 Å². The molecule has 0 spiro atoms. The number of nitrogens with zero attached hydrogens (tertiary/aromatic N) is 1. The molecule has 0 aliphatic carbocycles. The molecular formula is C14H19Cl2NO3S. The van der Waals surface area contributed by atoms with E-state index in [2.05, 4.69) is 6.92 Å². The minimum atomic E-state index is -3.68. The molecule has 1 aromatic carbocycles. The molecule has 21 heavy (non-hydrogen) atoms. The van der Waals surface area contributed by atoms with Crippen LogP contribution >= 0.6 is 23.2 Å². The third-order valence-corrected chi connectivity index (χ3v) is 6.77. The van der Waals surface area contributed by atoms with Crippen molar-refractivity contribution in [3.05, 3.63) is 27.7 Å². The maximum Gasteiger partial charge on any atom is 0.244 e. The summed E-state index contributed by atoms with van der Waals surface area (Å²) in [6.45, 7) is 4.19. The van der Waals surface area contributed by atoms with Gasteiger partial charge in [0, 0.05) is 17.6 Å². The summed E-state index contributed by atoms with van der Waals surface area (Å²) in [5, 5.41) is 9.61. The van der Waals surface area contributed by atoms with Gasteiger partial charge in [-0.25, -0.2) is 8.42 Å². The van der Waals surface area contributed by atoms with E-state index >= 15 is 0 Å². The van der Waals surface area contributed by atoms with Gasteiger partial charge in [-0.3, -0.25) is 0 Å². The van der Waals surface area contributed by atoms with E-state index in [9.17, 15) is 13.5 Å². The summed E-state index contributed by atoms with van der Waals surface area (Å²) in [5.41, 5.74) is 0.359. The fourth-order valence-corrected chi connectivity index (χ4v) is 5.25. The summed E-state index contributed by atoms with van der Waals surface area (Å²) in [7, 11) is -3.68. The standard InChI is InChI=1S/C14H19Cl2NO3S/c1-9-3-4-17(10(2)5-9)21(19,20)14-6-11(8-18)12(15)7-13(14)16/h6-7,9-10,18H,3-5,8H2,1-2H3. The minimum absolute atomic E-state index is 0.0130. The van der Waals surface area contributed by atoms with Gasteiger partial charge in [-0.05, 0) is 43.4 Å². The van der Waals surface area contributed by atoms with E-state index in [-0.39, 0.29) is 27.6 Å². The van der Waals surface area contributed by atoms with Crippen LogP contribution in [0.4, 0.5) is 0 Å². The number of hydrogen-bond acceptors (Lipinski definition) is 3. The SMILES string of the molecule is CC1CCN(S(=O)(=O)c2cc(CO)c(Cl)cc2Cl)C(C)C1. The second kappa shape index (κ2) is 6.42. The number of halogens is 2. The predicted octanol–water partition coefficient (Wildman–Crippen LogP) is 3.29. The van der Waals surface area contributed by atoms with Crippen molar-refractivity contribution in [2.45, 2.75) is 44.2 Å². The fourth-order valence-electron chi connectivity index (χ4n) is 2.76. The average Bonchev–Trinajstić information content (AvgIpc) is 2.37. The van der Waals surface area contributed by atoms with Crippen molar-refractivity contribution in [1.82, 2.24) is 4.31 Å². The van der Waals surface area contributed by atoms with Crippen LogP contribution in [0, 0.1) is 5.92 Å². The number of rotatable bonds is 3. The Morgan fingerprint density at radius 2 is 1.95 bits per heavy atom. The van der Waals surface area contributed by atoms with Gasteiger partial charge in [0.05, 0.1) is 11.6 Å². The first-order chi connectivity index (χ1) is 9.77. The molecule has 0 saturated carbocycles. The van der Waals surface area contributed by atoms with Crippen molar-refractivity contribution in [2.24, 2.45) is 5.92 Å². The van der Waals surface area contributed by atoms with E-state index in [1.807, 2.05) is 6.92 Å². The molecule has 1 fully saturated rings. The van der Waals surface area contributed by atoms with Crippen LogP contribution in [-0.2, 0) is 16.6 Å². The van der Waals surface area contributed by atoms with Gasteiger partial charge in [-0.2, -0.15) is 4.31 Å². The van der Waals surface area contributed by atoms with Gasteiger partial charge in [0.15, 0.2) is 0 Å². The van der Waals surface area contributed by atoms with Crippen molar-refractivity contribution in [3.63, 3.8) is 0 Å². The largest absolute Gasteiger partial charge is 0.392 e. The maximum atomic E-state index is 12.8. The Labute approximate surface area is 135 Å². The van der Waals surface area contributed by atoms with Crippen molar-refractivity contribution in [3.8, 4) is 0 Å². The van der Waals surface area contributed by atoms with Crippen LogP contribution in [0.15, 0.2) is 17.0 Å². The number of aliphatic hydroxyl groups excluding tert-OH is 1. The Morgan fingerprint density at radius 1 is 1.29 bits per heavy atom. The van der Waals surface area contributed by atoms with Crippen LogP contribution in [0.3, 0.4) is 0 Å². The highest BCUT2D eigenvalue weighted by Gasteiger charge is 2.34. The smallest absolute Gasteiger partial charge is 0.244 e. The van der Waals surface area contributed by atoms with Gasteiger partial charge in [0.2, 0.25) is 10.0 Å². The zero-order chi connectivity index (χ0) is 15.8. The monoisotopic (exact) mass is 351 g/mol. The number of aliphatic hydroxyl groups is 1. The molecule has 1 saturated heterocycles. The summed E-state index contributed by atoms with van der Waals surface area (Å²) in [6.07, 6.45) is 1.67. The molecule has 1 aliphatic heterocycles. The number of sulfonamides is 1. The first kappa shape index (κ1) is 17.0. The lowest BCUT2D eigenvalue weighted by Crippen LogP contribution is -2.44. The first-order valence-electron chi connectivity index (χ1n) is 6.88. The van der Waals surface area contributed by atoms with Crippen LogP contribution in [0.5, 0.6) is 0 Å². The second-order valence-corrected chi connectivity index (χ2v) is 8.30. The first-order valence-corrected chi connectivity index (χ1v) is 9.07. The van der Waals surface area contributed by atoms with Gasteiger partial charge in [-0.15, -0.1) is 0 Å². The van der Waals surface area contributed by atoms with Crippen LogP contribution < -0.4 is 0 Å². The van der Waals surface area contributed by atoms with E-state index in [0.29, 0.717) is 18.0 Å².